The van der Waals surface area contributed by atoms with Crippen molar-refractivity contribution >= 4 is 49.3 Å². The number of halogens is 1. The molecular formula is C46H55ClN4O9S2. The van der Waals surface area contributed by atoms with Crippen molar-refractivity contribution in [3.63, 3.8) is 0 Å². The number of rotatable bonds is 11. The van der Waals surface area contributed by atoms with Crippen LogP contribution in [-0.4, -0.2) is 110 Å². The maximum absolute atomic E-state index is 13.7. The largest absolute Gasteiger partial charge is 0.494 e. The Morgan fingerprint density at radius 2 is 1.27 bits per heavy atom. The van der Waals surface area contributed by atoms with Gasteiger partial charge in [-0.2, -0.15) is 8.61 Å². The van der Waals surface area contributed by atoms with Crippen molar-refractivity contribution < 1.29 is 41.4 Å². The zero-order valence-corrected chi connectivity index (χ0v) is 37.9. The molecule has 13 nitrogen and oxygen atoms in total. The molecular weight excluding hydrogens is 852 g/mol. The smallest absolute Gasteiger partial charge is 0.307 e. The fourth-order valence-electron chi connectivity index (χ4n) is 9.46. The van der Waals surface area contributed by atoms with Crippen LogP contribution in [0.25, 0.3) is 0 Å². The summed E-state index contributed by atoms with van der Waals surface area (Å²) in [4.78, 5) is 27.8. The Morgan fingerprint density at radius 3 is 1.81 bits per heavy atom. The first kappa shape index (κ1) is 45.5. The summed E-state index contributed by atoms with van der Waals surface area (Å²) in [6.07, 6.45) is 1.30. The minimum absolute atomic E-state index is 0.211. The van der Waals surface area contributed by atoms with Gasteiger partial charge >= 0.3 is 11.9 Å². The number of benzene rings is 4. The number of hydrogen-bond donors (Lipinski definition) is 2. The molecule has 0 spiro atoms. The molecule has 0 radical (unpaired) electrons. The van der Waals surface area contributed by atoms with Gasteiger partial charge in [0.15, 0.2) is 0 Å². The average molecular weight is 908 g/mol. The summed E-state index contributed by atoms with van der Waals surface area (Å²) in [5.41, 5.74) is 6.14. The Hall–Kier alpha value is -4.51. The van der Waals surface area contributed by atoms with Crippen LogP contribution in [-0.2, 0) is 61.9 Å². The van der Waals surface area contributed by atoms with Crippen LogP contribution in [0, 0.1) is 18.8 Å². The number of piperazine rings is 2. The number of carbonyl (C=O) groups is 2. The topological polar surface area (TPSA) is 165 Å². The van der Waals surface area contributed by atoms with Gasteiger partial charge in [0.25, 0.3) is 0 Å². The molecule has 4 atom stereocenters. The highest BCUT2D eigenvalue weighted by Gasteiger charge is 2.41. The molecule has 2 aliphatic carbocycles. The second kappa shape index (κ2) is 18.7. The van der Waals surface area contributed by atoms with E-state index >= 15 is 0 Å². The Bertz CT molecular complexity index is 2530. The van der Waals surface area contributed by atoms with Crippen LogP contribution < -0.4 is 9.64 Å². The number of sulfonamides is 2. The Balaban J connectivity index is 0.000000187. The van der Waals surface area contributed by atoms with Gasteiger partial charge in [-0.1, -0.05) is 54.1 Å². The third-order valence-corrected chi connectivity index (χ3v) is 17.1. The number of ether oxygens (including phenoxy) is 1. The summed E-state index contributed by atoms with van der Waals surface area (Å²) >= 11 is 6.27. The SMILES string of the molecule is CCOc1cccc(N2CCN(S(=O)(=O)c3cccc4c3CC(C(=O)O)C4)CC2)c1.Cc1ccc(CN2C[C@@H](C)N(S(=O)(=O)c3cccc4c3CC(C(=O)O)C4)[C@@H](C)C2)cc1Cl. The van der Waals surface area contributed by atoms with E-state index < -0.39 is 43.8 Å². The summed E-state index contributed by atoms with van der Waals surface area (Å²) in [6, 6.07) is 23.8. The number of anilines is 1. The lowest BCUT2D eigenvalue weighted by atomic mass is 10.1. The van der Waals surface area contributed by atoms with Crippen LogP contribution in [0.5, 0.6) is 5.75 Å². The number of aliphatic carboxylic acids is 2. The standard InChI is InChI=1S/C24H29ClN2O4S.C22H26N2O5S/c1-15-7-8-18(9-22(15)25)14-26-12-16(2)27(17(3)13-26)32(30,31)23-6-4-5-19-10-20(24(28)29)11-21(19)23;1-2-29-19-7-4-6-18(15-19)23-9-11-24(12-10-23)30(27,28)21-8-3-5-16-13-17(22(25)26)14-20(16)21/h4-9,16-17,20H,10-14H2,1-3H3,(H,28,29);3-8,15,17H,2,9-14H2,1H3,(H,25,26)/t16-,17+,20?;. The summed E-state index contributed by atoms with van der Waals surface area (Å²) < 4.78 is 62.8. The molecule has 2 N–H and O–H groups in total. The van der Waals surface area contributed by atoms with Crippen LogP contribution in [0.15, 0.2) is 88.7 Å². The second-order valence-corrected chi connectivity index (χ2v) is 20.9. The lowest BCUT2D eigenvalue weighted by Crippen LogP contribution is -2.58. The van der Waals surface area contributed by atoms with E-state index in [9.17, 15) is 36.6 Å². The van der Waals surface area contributed by atoms with Gasteiger partial charge in [-0.05, 0) is 117 Å². The molecule has 8 rings (SSSR count). The van der Waals surface area contributed by atoms with Gasteiger partial charge in [-0.3, -0.25) is 14.5 Å². The zero-order chi connectivity index (χ0) is 44.5. The third kappa shape index (κ3) is 9.53. The van der Waals surface area contributed by atoms with E-state index in [1.54, 1.807) is 28.6 Å². The molecule has 2 saturated heterocycles. The molecule has 2 fully saturated rings. The van der Waals surface area contributed by atoms with E-state index in [4.69, 9.17) is 16.3 Å². The molecule has 0 saturated carbocycles. The molecule has 62 heavy (non-hydrogen) atoms. The first-order valence-corrected chi connectivity index (χ1v) is 24.4. The van der Waals surface area contributed by atoms with Crippen LogP contribution >= 0.6 is 11.6 Å². The molecule has 16 heteroatoms. The minimum Gasteiger partial charge on any atom is -0.494 e. The number of nitrogens with zero attached hydrogens (tertiary/aromatic N) is 4. The van der Waals surface area contributed by atoms with Gasteiger partial charge in [0.1, 0.15) is 5.75 Å². The fourth-order valence-corrected chi connectivity index (χ4v) is 13.4. The van der Waals surface area contributed by atoms with E-state index in [1.807, 2.05) is 76.2 Å². The van der Waals surface area contributed by atoms with Gasteiger partial charge < -0.3 is 19.8 Å². The minimum atomic E-state index is -3.75. The highest BCUT2D eigenvalue weighted by molar-refractivity contribution is 7.89. The van der Waals surface area contributed by atoms with E-state index in [0.717, 1.165) is 38.7 Å². The molecule has 2 heterocycles. The maximum atomic E-state index is 13.7. The van der Waals surface area contributed by atoms with Crippen LogP contribution in [0.1, 0.15) is 54.2 Å². The number of fused-ring (bicyclic) bond motifs is 2. The maximum Gasteiger partial charge on any atom is 0.307 e. The highest BCUT2D eigenvalue weighted by Crippen LogP contribution is 2.37. The summed E-state index contributed by atoms with van der Waals surface area (Å²) in [7, 11) is -7.42. The molecule has 0 amide bonds. The number of hydrogen-bond acceptors (Lipinski definition) is 9. The molecule has 2 unspecified atom stereocenters. The van der Waals surface area contributed by atoms with Crippen molar-refractivity contribution in [1.29, 1.82) is 0 Å². The lowest BCUT2D eigenvalue weighted by molar-refractivity contribution is -0.142. The Morgan fingerprint density at radius 1 is 0.726 bits per heavy atom. The van der Waals surface area contributed by atoms with E-state index in [1.165, 1.54) is 4.31 Å². The monoisotopic (exact) mass is 906 g/mol. The van der Waals surface area contributed by atoms with Crippen LogP contribution in [0.2, 0.25) is 5.02 Å². The molecule has 4 aromatic carbocycles. The van der Waals surface area contributed by atoms with Crippen LogP contribution in [0.4, 0.5) is 5.69 Å². The van der Waals surface area contributed by atoms with E-state index in [2.05, 4.69) is 15.9 Å². The van der Waals surface area contributed by atoms with Gasteiger partial charge in [0, 0.05) is 74.7 Å². The van der Waals surface area contributed by atoms with E-state index in [0.29, 0.717) is 76.4 Å². The van der Waals surface area contributed by atoms with Crippen LogP contribution in [0.3, 0.4) is 0 Å². The Kier molecular flexibility index (Phi) is 13.7. The molecule has 0 bridgehead atoms. The highest BCUT2D eigenvalue weighted by atomic mass is 35.5. The number of aryl methyl sites for hydroxylation is 1. The zero-order valence-electron chi connectivity index (χ0n) is 35.5. The predicted octanol–water partition coefficient (Wildman–Crippen LogP) is 6.13. The molecule has 4 aromatic rings. The number of carboxylic acids is 2. The normalized spacial score (nSPS) is 22.0. The summed E-state index contributed by atoms with van der Waals surface area (Å²) in [6.45, 7) is 12.3. The predicted molar refractivity (Wildman–Crippen MR) is 238 cm³/mol. The quantitative estimate of drug-likeness (QED) is 0.178. The Labute approximate surface area is 370 Å². The second-order valence-electron chi connectivity index (χ2n) is 16.8. The van der Waals surface area contributed by atoms with Gasteiger partial charge in [-0.25, -0.2) is 16.8 Å². The summed E-state index contributed by atoms with van der Waals surface area (Å²) in [5.74, 6) is -2.06. The number of carboxylic acid groups (broad SMARTS) is 2. The van der Waals surface area contributed by atoms with Crippen molar-refractivity contribution in [2.75, 3.05) is 50.8 Å². The first-order chi connectivity index (χ1) is 29.5. The average Bonchev–Trinajstić information content (AvgIpc) is 3.88. The molecule has 0 aromatic heterocycles. The van der Waals surface area contributed by atoms with Crippen molar-refractivity contribution in [3.8, 4) is 5.75 Å². The van der Waals surface area contributed by atoms with E-state index in [-0.39, 0.29) is 34.7 Å². The molecule has 332 valence electrons. The first-order valence-electron chi connectivity index (χ1n) is 21.1. The van der Waals surface area contributed by atoms with Crippen molar-refractivity contribution in [2.24, 2.45) is 11.8 Å². The van der Waals surface area contributed by atoms with Crippen molar-refractivity contribution in [3.05, 3.63) is 117 Å². The molecule has 4 aliphatic rings. The van der Waals surface area contributed by atoms with Gasteiger partial charge in [0.2, 0.25) is 20.0 Å². The fraction of sp³-hybridized carbons (Fsp3) is 0.435. The molecule has 2 aliphatic heterocycles. The summed E-state index contributed by atoms with van der Waals surface area (Å²) in [5, 5.41) is 19.5. The van der Waals surface area contributed by atoms with Crippen molar-refractivity contribution in [1.82, 2.24) is 13.5 Å². The van der Waals surface area contributed by atoms with Gasteiger partial charge in [0.05, 0.1) is 28.2 Å². The van der Waals surface area contributed by atoms with Crippen molar-refractivity contribution in [2.45, 2.75) is 81.8 Å². The van der Waals surface area contributed by atoms with Gasteiger partial charge in [-0.15, -0.1) is 0 Å². The lowest BCUT2D eigenvalue weighted by Gasteiger charge is -2.43. The third-order valence-electron chi connectivity index (χ3n) is 12.5.